The lowest BCUT2D eigenvalue weighted by Crippen LogP contribution is -2.02. The van der Waals surface area contributed by atoms with E-state index >= 15 is 0 Å². The van der Waals surface area contributed by atoms with Crippen LogP contribution in [0.1, 0.15) is 18.4 Å². The average molecular weight is 175 g/mol. The van der Waals surface area contributed by atoms with Crippen LogP contribution < -0.4 is 0 Å². The zero-order valence-corrected chi connectivity index (χ0v) is 7.77. The van der Waals surface area contributed by atoms with Crippen molar-refractivity contribution in [2.75, 3.05) is 0 Å². The van der Waals surface area contributed by atoms with Crippen molar-refractivity contribution in [2.24, 2.45) is 4.99 Å². The molecular formula is C10H13N3. The predicted octanol–water partition coefficient (Wildman–Crippen LogP) is 2.11. The number of hydrogen-bond acceptors (Lipinski definition) is 2. The highest BCUT2D eigenvalue weighted by molar-refractivity contribution is 5.64. The molecule has 3 nitrogen and oxygen atoms in total. The number of aryl methyl sites for hydroxylation is 1. The molecule has 68 valence electrons. The molecule has 1 aromatic heterocycles. The van der Waals surface area contributed by atoms with E-state index in [0.29, 0.717) is 0 Å². The molecule has 3 heteroatoms. The number of imidazole rings is 1. The van der Waals surface area contributed by atoms with Crippen molar-refractivity contribution in [1.29, 1.82) is 0 Å². The van der Waals surface area contributed by atoms with E-state index in [9.17, 15) is 0 Å². The van der Waals surface area contributed by atoms with Gasteiger partial charge in [0.25, 0.3) is 0 Å². The molecular weight excluding hydrogens is 162 g/mol. The van der Waals surface area contributed by atoms with Crippen molar-refractivity contribution in [2.45, 2.75) is 13.3 Å². The molecule has 13 heavy (non-hydrogen) atoms. The van der Waals surface area contributed by atoms with Crippen LogP contribution in [-0.4, -0.2) is 15.9 Å². The molecule has 0 aliphatic heterocycles. The van der Waals surface area contributed by atoms with Crippen LogP contribution in [0.5, 0.6) is 0 Å². The van der Waals surface area contributed by atoms with Crippen molar-refractivity contribution in [1.82, 2.24) is 9.55 Å². The van der Waals surface area contributed by atoms with Gasteiger partial charge in [0.2, 0.25) is 0 Å². The molecule has 0 aliphatic carbocycles. The van der Waals surface area contributed by atoms with Gasteiger partial charge in [0.1, 0.15) is 12.2 Å². The largest absolute Gasteiger partial charge is 0.287 e. The lowest BCUT2D eigenvalue weighted by Gasteiger charge is -1.99. The van der Waals surface area contributed by atoms with Crippen molar-refractivity contribution in [3.05, 3.63) is 37.1 Å². The summed E-state index contributed by atoms with van der Waals surface area (Å²) in [5.41, 5.74) is 1.11. The summed E-state index contributed by atoms with van der Waals surface area (Å²) < 4.78 is 1.90. The normalized spacial score (nSPS) is 10.5. The van der Waals surface area contributed by atoms with Crippen LogP contribution in [-0.2, 0) is 6.42 Å². The minimum Gasteiger partial charge on any atom is -0.287 e. The molecule has 0 amide bonds. The molecule has 0 atom stereocenters. The minimum atomic E-state index is 0.808. The fourth-order valence-corrected chi connectivity index (χ4v) is 1.07. The molecule has 1 heterocycles. The first-order chi connectivity index (χ1) is 6.33. The van der Waals surface area contributed by atoms with Crippen LogP contribution >= 0.6 is 0 Å². The summed E-state index contributed by atoms with van der Waals surface area (Å²) >= 11 is 0. The van der Waals surface area contributed by atoms with Gasteiger partial charge in [0.05, 0.1) is 0 Å². The SMILES string of the molecule is C=C/N=C\n1c(CC)cnc1C=C. The molecule has 1 rings (SSSR count). The van der Waals surface area contributed by atoms with Crippen molar-refractivity contribution >= 4 is 12.4 Å². The Labute approximate surface area is 78.1 Å². The summed E-state index contributed by atoms with van der Waals surface area (Å²) in [5.74, 6) is 0.808. The Morgan fingerprint density at radius 2 is 2.38 bits per heavy atom. The first-order valence-corrected chi connectivity index (χ1v) is 4.16. The van der Waals surface area contributed by atoms with Crippen LogP contribution in [0.15, 0.2) is 30.5 Å². The first-order valence-electron chi connectivity index (χ1n) is 4.16. The zero-order valence-electron chi connectivity index (χ0n) is 7.77. The van der Waals surface area contributed by atoms with Crippen LogP contribution in [0, 0.1) is 0 Å². The van der Waals surface area contributed by atoms with Crippen LogP contribution in [0.25, 0.3) is 6.08 Å². The summed E-state index contributed by atoms with van der Waals surface area (Å²) in [4.78, 5) is 8.12. The van der Waals surface area contributed by atoms with E-state index in [4.69, 9.17) is 0 Å². The van der Waals surface area contributed by atoms with E-state index in [1.165, 1.54) is 6.20 Å². The molecule has 0 N–H and O–H groups in total. The summed E-state index contributed by atoms with van der Waals surface area (Å²) in [5, 5.41) is 0. The van der Waals surface area contributed by atoms with E-state index in [1.54, 1.807) is 12.4 Å². The molecule has 0 aliphatic rings. The molecule has 1 aromatic rings. The summed E-state index contributed by atoms with van der Waals surface area (Å²) in [6.45, 7) is 9.26. The second kappa shape index (κ2) is 4.40. The van der Waals surface area contributed by atoms with Gasteiger partial charge in [0, 0.05) is 18.1 Å². The molecule has 0 radical (unpaired) electrons. The fraction of sp³-hybridized carbons (Fsp3) is 0.200. The van der Waals surface area contributed by atoms with Gasteiger partial charge in [-0.15, -0.1) is 0 Å². The smallest absolute Gasteiger partial charge is 0.137 e. The maximum Gasteiger partial charge on any atom is 0.137 e. The molecule has 0 saturated carbocycles. The number of nitrogens with zero attached hydrogens (tertiary/aromatic N) is 3. The summed E-state index contributed by atoms with van der Waals surface area (Å²) in [6.07, 6.45) is 7.63. The first kappa shape index (κ1) is 9.45. The van der Waals surface area contributed by atoms with Gasteiger partial charge >= 0.3 is 0 Å². The fourth-order valence-electron chi connectivity index (χ4n) is 1.07. The van der Waals surface area contributed by atoms with E-state index in [0.717, 1.165) is 17.9 Å². The second-order valence-corrected chi connectivity index (χ2v) is 2.48. The molecule has 0 unspecified atom stereocenters. The van der Waals surface area contributed by atoms with Gasteiger partial charge in [0.15, 0.2) is 0 Å². The van der Waals surface area contributed by atoms with Crippen LogP contribution in [0.4, 0.5) is 0 Å². The van der Waals surface area contributed by atoms with Crippen LogP contribution in [0.2, 0.25) is 0 Å². The van der Waals surface area contributed by atoms with Gasteiger partial charge < -0.3 is 0 Å². The predicted molar refractivity (Wildman–Crippen MR) is 55.8 cm³/mol. The number of hydrogen-bond donors (Lipinski definition) is 0. The Kier molecular flexibility index (Phi) is 3.20. The lowest BCUT2D eigenvalue weighted by molar-refractivity contribution is 0.982. The average Bonchev–Trinajstić information content (AvgIpc) is 2.56. The maximum absolute atomic E-state index is 4.18. The topological polar surface area (TPSA) is 30.2 Å². The Morgan fingerprint density at radius 1 is 1.62 bits per heavy atom. The Balaban J connectivity index is 3.11. The van der Waals surface area contributed by atoms with Gasteiger partial charge in [-0.25, -0.2) is 9.98 Å². The third-order valence-corrected chi connectivity index (χ3v) is 1.73. The summed E-state index contributed by atoms with van der Waals surface area (Å²) in [6, 6.07) is 0. The Bertz CT molecular complexity index is 334. The number of aromatic nitrogens is 2. The van der Waals surface area contributed by atoms with E-state index in [2.05, 4.69) is 30.1 Å². The quantitative estimate of drug-likeness (QED) is 0.509. The molecule has 0 aromatic carbocycles. The Morgan fingerprint density at radius 3 is 2.92 bits per heavy atom. The van der Waals surface area contributed by atoms with Gasteiger partial charge in [-0.3, -0.25) is 4.57 Å². The third-order valence-electron chi connectivity index (χ3n) is 1.73. The lowest BCUT2D eigenvalue weighted by atomic mass is 10.4. The number of rotatable bonds is 4. The Hall–Kier alpha value is -1.64. The van der Waals surface area contributed by atoms with E-state index in [-0.39, 0.29) is 0 Å². The van der Waals surface area contributed by atoms with Crippen molar-refractivity contribution < 1.29 is 0 Å². The van der Waals surface area contributed by atoms with Crippen molar-refractivity contribution in [3.8, 4) is 0 Å². The highest BCUT2D eigenvalue weighted by Gasteiger charge is 2.02. The molecule has 0 spiro atoms. The molecule has 0 saturated heterocycles. The monoisotopic (exact) mass is 175 g/mol. The standard InChI is InChI=1S/C10H13N3/c1-4-9-7-12-10(5-2)13(9)8-11-6-3/h5-8H,2-4H2,1H3/b11-8-. The highest BCUT2D eigenvalue weighted by Crippen LogP contribution is 2.04. The van der Waals surface area contributed by atoms with Crippen LogP contribution in [0.3, 0.4) is 0 Å². The third kappa shape index (κ3) is 1.93. The van der Waals surface area contributed by atoms with E-state index < -0.39 is 0 Å². The van der Waals surface area contributed by atoms with Gasteiger partial charge in [-0.05, 0) is 12.5 Å². The van der Waals surface area contributed by atoms with Crippen molar-refractivity contribution in [3.63, 3.8) is 0 Å². The number of aliphatic imine (C=N–C) groups is 1. The van der Waals surface area contributed by atoms with Gasteiger partial charge in [-0.2, -0.15) is 0 Å². The second-order valence-electron chi connectivity index (χ2n) is 2.48. The maximum atomic E-state index is 4.18. The summed E-state index contributed by atoms with van der Waals surface area (Å²) in [7, 11) is 0. The van der Waals surface area contributed by atoms with Gasteiger partial charge in [-0.1, -0.05) is 20.1 Å². The minimum absolute atomic E-state index is 0.808. The zero-order chi connectivity index (χ0) is 9.68. The van der Waals surface area contributed by atoms with E-state index in [1.807, 2.05) is 10.8 Å². The molecule has 0 fully saturated rings. The molecule has 0 bridgehead atoms. The highest BCUT2D eigenvalue weighted by atomic mass is 15.1.